The van der Waals surface area contributed by atoms with E-state index >= 15 is 0 Å². The second kappa shape index (κ2) is 6.78. The number of ether oxygens (including phenoxy) is 2. The van der Waals surface area contributed by atoms with Crippen molar-refractivity contribution in [2.24, 2.45) is 0 Å². The fourth-order valence-electron chi connectivity index (χ4n) is 3.73. The van der Waals surface area contributed by atoms with Gasteiger partial charge in [0.2, 0.25) is 0 Å². The van der Waals surface area contributed by atoms with Crippen LogP contribution in [0.4, 0.5) is 15.0 Å². The van der Waals surface area contributed by atoms with Gasteiger partial charge in [-0.2, -0.15) is 4.98 Å². The molecule has 1 aliphatic carbocycles. The van der Waals surface area contributed by atoms with Gasteiger partial charge in [-0.25, -0.2) is 14.1 Å². The van der Waals surface area contributed by atoms with Gasteiger partial charge in [0.05, 0.1) is 7.11 Å². The van der Waals surface area contributed by atoms with Crippen LogP contribution >= 0.6 is 0 Å². The first-order valence-electron chi connectivity index (χ1n) is 9.09. The van der Waals surface area contributed by atoms with Crippen LogP contribution in [-0.4, -0.2) is 29.6 Å². The summed E-state index contributed by atoms with van der Waals surface area (Å²) in [6.07, 6.45) is 2.95. The number of methoxy groups -OCH3 is 1. The minimum atomic E-state index is -0.863. The number of hydrogen-bond acceptors (Lipinski definition) is 5. The predicted molar refractivity (Wildman–Crippen MR) is 99.2 cm³/mol. The zero-order chi connectivity index (χ0) is 19.9. The van der Waals surface area contributed by atoms with Crippen molar-refractivity contribution in [2.45, 2.75) is 38.1 Å². The molecule has 4 rings (SSSR count). The number of rotatable bonds is 4. The molecule has 1 spiro atoms. The highest BCUT2D eigenvalue weighted by Gasteiger charge is 2.53. The van der Waals surface area contributed by atoms with Crippen LogP contribution in [0.15, 0.2) is 30.3 Å². The molecule has 2 fully saturated rings. The molecule has 1 aromatic carbocycles. The first-order valence-corrected chi connectivity index (χ1v) is 9.09. The molecule has 2 heterocycles. The van der Waals surface area contributed by atoms with Crippen LogP contribution in [0, 0.1) is 12.7 Å². The fourth-order valence-corrected chi connectivity index (χ4v) is 3.73. The van der Waals surface area contributed by atoms with Crippen LogP contribution in [0.3, 0.4) is 0 Å². The molecule has 146 valence electrons. The Balaban J connectivity index is 1.64. The SMILES string of the molecule is COc1cc(Oc2nc(N3C(=O)NC4(CCCC4)C3=O)ccc2F)ccc1C. The molecule has 28 heavy (non-hydrogen) atoms. The molecule has 1 aromatic heterocycles. The maximum atomic E-state index is 14.3. The Labute approximate surface area is 161 Å². The van der Waals surface area contributed by atoms with Gasteiger partial charge < -0.3 is 14.8 Å². The third-order valence-electron chi connectivity index (χ3n) is 5.24. The van der Waals surface area contributed by atoms with Crippen LogP contribution < -0.4 is 19.7 Å². The molecule has 0 bridgehead atoms. The molecule has 7 nitrogen and oxygen atoms in total. The van der Waals surface area contributed by atoms with E-state index in [1.165, 1.54) is 13.2 Å². The quantitative estimate of drug-likeness (QED) is 0.812. The summed E-state index contributed by atoms with van der Waals surface area (Å²) in [7, 11) is 1.53. The van der Waals surface area contributed by atoms with E-state index in [-0.39, 0.29) is 17.6 Å². The second-order valence-electron chi connectivity index (χ2n) is 7.05. The van der Waals surface area contributed by atoms with E-state index < -0.39 is 17.4 Å². The van der Waals surface area contributed by atoms with Crippen LogP contribution in [0.5, 0.6) is 17.4 Å². The van der Waals surface area contributed by atoms with Crippen molar-refractivity contribution in [3.05, 3.63) is 41.7 Å². The average Bonchev–Trinajstić information content (AvgIpc) is 3.24. The summed E-state index contributed by atoms with van der Waals surface area (Å²) in [6.45, 7) is 1.87. The topological polar surface area (TPSA) is 80.8 Å². The zero-order valence-corrected chi connectivity index (χ0v) is 15.6. The normalized spacial score (nSPS) is 17.9. The molecule has 1 saturated heterocycles. The average molecular weight is 385 g/mol. The maximum absolute atomic E-state index is 14.3. The van der Waals surface area contributed by atoms with Gasteiger partial charge in [-0.15, -0.1) is 0 Å². The number of urea groups is 1. The molecule has 0 unspecified atom stereocenters. The molecule has 8 heteroatoms. The van der Waals surface area contributed by atoms with E-state index in [9.17, 15) is 14.0 Å². The summed E-state index contributed by atoms with van der Waals surface area (Å²) in [6, 6.07) is 6.93. The lowest BCUT2D eigenvalue weighted by atomic mass is 9.98. The third kappa shape index (κ3) is 2.94. The van der Waals surface area contributed by atoms with Crippen molar-refractivity contribution in [3.8, 4) is 17.4 Å². The zero-order valence-electron chi connectivity index (χ0n) is 15.6. The number of imide groups is 1. The lowest BCUT2D eigenvalue weighted by molar-refractivity contribution is -0.121. The Morgan fingerprint density at radius 3 is 2.64 bits per heavy atom. The summed E-state index contributed by atoms with van der Waals surface area (Å²) in [4.78, 5) is 30.3. The molecule has 1 saturated carbocycles. The number of carbonyl (C=O) groups excluding carboxylic acids is 2. The van der Waals surface area contributed by atoms with Crippen LogP contribution in [0.25, 0.3) is 0 Å². The number of nitrogens with one attached hydrogen (secondary N) is 1. The number of benzene rings is 1. The molecule has 3 amide bonds. The number of halogens is 1. The summed E-state index contributed by atoms with van der Waals surface area (Å²) >= 11 is 0. The number of aromatic nitrogens is 1. The standard InChI is InChI=1S/C20H20FN3O4/c1-12-5-6-13(11-15(12)27-2)28-17-14(21)7-8-16(22-17)24-18(25)20(23-19(24)26)9-3-4-10-20/h5-8,11H,3-4,9-10H2,1-2H3,(H,23,26). The number of pyridine rings is 1. The highest BCUT2D eigenvalue weighted by atomic mass is 19.1. The van der Waals surface area contributed by atoms with Crippen molar-refractivity contribution in [1.29, 1.82) is 0 Å². The number of anilines is 1. The highest BCUT2D eigenvalue weighted by molar-refractivity contribution is 6.23. The molecule has 0 atom stereocenters. The van der Waals surface area contributed by atoms with Gasteiger partial charge in [-0.3, -0.25) is 4.79 Å². The Bertz CT molecular complexity index is 956. The van der Waals surface area contributed by atoms with E-state index in [0.29, 0.717) is 24.3 Å². The van der Waals surface area contributed by atoms with E-state index in [1.807, 2.05) is 6.92 Å². The van der Waals surface area contributed by atoms with Crippen LogP contribution in [0.2, 0.25) is 0 Å². The summed E-state index contributed by atoms with van der Waals surface area (Å²) in [5.41, 5.74) is 0.0385. The van der Waals surface area contributed by atoms with Gasteiger partial charge in [0, 0.05) is 6.07 Å². The summed E-state index contributed by atoms with van der Waals surface area (Å²) in [5.74, 6) is -0.428. The lowest BCUT2D eigenvalue weighted by Gasteiger charge is -2.19. The Morgan fingerprint density at radius 1 is 1.18 bits per heavy atom. The van der Waals surface area contributed by atoms with Crippen molar-refractivity contribution in [3.63, 3.8) is 0 Å². The number of carbonyl (C=O) groups is 2. The number of nitrogens with zero attached hydrogens (tertiary/aromatic N) is 2. The van der Waals surface area contributed by atoms with Crippen molar-refractivity contribution in [2.75, 3.05) is 12.0 Å². The van der Waals surface area contributed by atoms with Crippen LogP contribution in [0.1, 0.15) is 31.2 Å². The van der Waals surface area contributed by atoms with E-state index in [0.717, 1.165) is 29.4 Å². The molecular weight excluding hydrogens is 365 g/mol. The Morgan fingerprint density at radius 2 is 1.93 bits per heavy atom. The molecule has 1 aliphatic heterocycles. The predicted octanol–water partition coefficient (Wildman–Crippen LogP) is 3.70. The first-order chi connectivity index (χ1) is 13.4. The van der Waals surface area contributed by atoms with E-state index in [4.69, 9.17) is 9.47 Å². The monoisotopic (exact) mass is 385 g/mol. The third-order valence-corrected chi connectivity index (χ3v) is 5.24. The number of amides is 3. The largest absolute Gasteiger partial charge is 0.496 e. The molecule has 1 N–H and O–H groups in total. The second-order valence-corrected chi connectivity index (χ2v) is 7.05. The highest BCUT2D eigenvalue weighted by Crippen LogP contribution is 2.37. The fraction of sp³-hybridized carbons (Fsp3) is 0.350. The molecule has 2 aliphatic rings. The molecule has 2 aromatic rings. The first kappa shape index (κ1) is 18.2. The minimum absolute atomic E-state index is 0.0294. The van der Waals surface area contributed by atoms with E-state index in [1.54, 1.807) is 18.2 Å². The van der Waals surface area contributed by atoms with Crippen molar-refractivity contribution >= 4 is 17.8 Å². The maximum Gasteiger partial charge on any atom is 0.330 e. The smallest absolute Gasteiger partial charge is 0.330 e. The van der Waals surface area contributed by atoms with Gasteiger partial charge in [0.15, 0.2) is 5.82 Å². The van der Waals surface area contributed by atoms with Gasteiger partial charge in [0.1, 0.15) is 22.9 Å². The van der Waals surface area contributed by atoms with E-state index in [2.05, 4.69) is 10.3 Å². The number of aryl methyl sites for hydroxylation is 1. The lowest BCUT2D eigenvalue weighted by Crippen LogP contribution is -2.44. The Hall–Kier alpha value is -3.16. The van der Waals surface area contributed by atoms with Gasteiger partial charge >= 0.3 is 6.03 Å². The number of hydrogen-bond donors (Lipinski definition) is 1. The molecular formula is C20H20FN3O4. The van der Waals surface area contributed by atoms with Gasteiger partial charge in [-0.1, -0.05) is 18.9 Å². The summed E-state index contributed by atoms with van der Waals surface area (Å²) in [5, 5.41) is 2.78. The van der Waals surface area contributed by atoms with Gasteiger partial charge in [0.25, 0.3) is 11.8 Å². The minimum Gasteiger partial charge on any atom is -0.496 e. The van der Waals surface area contributed by atoms with Crippen molar-refractivity contribution < 1.29 is 23.5 Å². The Kier molecular flexibility index (Phi) is 4.41. The molecule has 0 radical (unpaired) electrons. The van der Waals surface area contributed by atoms with Crippen LogP contribution in [-0.2, 0) is 4.79 Å². The van der Waals surface area contributed by atoms with Gasteiger partial charge in [-0.05, 0) is 43.5 Å². The van der Waals surface area contributed by atoms with Crippen molar-refractivity contribution in [1.82, 2.24) is 10.3 Å². The summed E-state index contributed by atoms with van der Waals surface area (Å²) < 4.78 is 25.1.